The SMILES string of the molecule is Cc1cccc(C)c1NC(=O)CN1CC[C@H]2NC(=O)[C@@H](Cc3ccccc3)NC(=O)C3(CC=CC[C@H]2C1)CCOCC3. The Hall–Kier alpha value is -3.49. The van der Waals surface area contributed by atoms with Gasteiger partial charge in [-0.3, -0.25) is 19.3 Å². The van der Waals surface area contributed by atoms with Gasteiger partial charge in [-0.1, -0.05) is 60.7 Å². The Bertz CT molecular complexity index is 1270. The average molecular weight is 573 g/mol. The molecule has 8 heteroatoms. The number of carbonyl (C=O) groups excluding carboxylic acids is 3. The monoisotopic (exact) mass is 572 g/mol. The van der Waals surface area contributed by atoms with Crippen LogP contribution in [-0.4, -0.2) is 67.6 Å². The molecule has 3 N–H and O–H groups in total. The van der Waals surface area contributed by atoms with Crippen molar-refractivity contribution in [2.24, 2.45) is 11.3 Å². The van der Waals surface area contributed by atoms with Crippen LogP contribution in [-0.2, 0) is 25.5 Å². The first-order valence-corrected chi connectivity index (χ1v) is 15.3. The highest BCUT2D eigenvalue weighted by Gasteiger charge is 2.41. The molecule has 1 spiro atoms. The number of nitrogens with one attached hydrogen (secondary N) is 3. The standard InChI is InChI=1S/C34H44N4O4/c1-24-9-8-10-25(2)31(24)37-30(39)23-38-18-14-28-27(22-38)13-6-7-15-34(16-19-42-20-17-34)33(41)36-29(32(40)35-28)21-26-11-4-3-5-12-26/h3-12,27-29H,13-23H2,1-2H3,(H,35,40)(H,36,41)(H,37,39)/t27-,28+,29+/m0/s1. The van der Waals surface area contributed by atoms with Crippen molar-refractivity contribution in [3.05, 3.63) is 77.4 Å². The van der Waals surface area contributed by atoms with Crippen LogP contribution in [0.15, 0.2) is 60.7 Å². The molecule has 3 aliphatic rings. The Labute approximate surface area is 249 Å². The first-order chi connectivity index (χ1) is 20.3. The van der Waals surface area contributed by atoms with Crippen molar-refractivity contribution in [2.45, 2.75) is 64.5 Å². The van der Waals surface area contributed by atoms with Crippen LogP contribution in [0, 0.1) is 25.2 Å². The number of para-hydroxylation sites is 1. The fourth-order valence-electron chi connectivity index (χ4n) is 6.59. The molecule has 8 nitrogen and oxygen atoms in total. The highest BCUT2D eigenvalue weighted by molar-refractivity contribution is 5.94. The molecule has 0 saturated carbocycles. The molecule has 0 unspecified atom stereocenters. The molecule has 2 saturated heterocycles. The quantitative estimate of drug-likeness (QED) is 0.472. The summed E-state index contributed by atoms with van der Waals surface area (Å²) < 4.78 is 5.60. The van der Waals surface area contributed by atoms with E-state index in [0.717, 1.165) is 35.2 Å². The molecule has 3 heterocycles. The molecule has 0 aliphatic carbocycles. The van der Waals surface area contributed by atoms with Gasteiger partial charge in [0.05, 0.1) is 12.0 Å². The fraction of sp³-hybridized carbons (Fsp3) is 0.500. The van der Waals surface area contributed by atoms with E-state index in [1.54, 1.807) is 0 Å². The summed E-state index contributed by atoms with van der Waals surface area (Å²) in [6.45, 7) is 6.83. The number of hydrogen-bond acceptors (Lipinski definition) is 5. The second-order valence-electron chi connectivity index (χ2n) is 12.2. The first-order valence-electron chi connectivity index (χ1n) is 15.3. The molecule has 0 aromatic heterocycles. The van der Waals surface area contributed by atoms with E-state index in [9.17, 15) is 14.4 Å². The highest BCUT2D eigenvalue weighted by Crippen LogP contribution is 2.36. The molecule has 2 fully saturated rings. The predicted molar refractivity (Wildman–Crippen MR) is 164 cm³/mol. The second kappa shape index (κ2) is 13.7. The molecule has 224 valence electrons. The minimum atomic E-state index is -0.662. The Morgan fingerprint density at radius 2 is 1.74 bits per heavy atom. The van der Waals surface area contributed by atoms with Gasteiger partial charge in [-0.25, -0.2) is 0 Å². The van der Waals surface area contributed by atoms with E-state index in [-0.39, 0.29) is 29.7 Å². The van der Waals surface area contributed by atoms with Crippen LogP contribution >= 0.6 is 0 Å². The van der Waals surface area contributed by atoms with Crippen molar-refractivity contribution in [1.29, 1.82) is 0 Å². The van der Waals surface area contributed by atoms with E-state index in [0.29, 0.717) is 58.5 Å². The van der Waals surface area contributed by atoms with E-state index in [4.69, 9.17) is 4.74 Å². The number of anilines is 1. The normalized spacial score (nSPS) is 25.0. The summed E-state index contributed by atoms with van der Waals surface area (Å²) >= 11 is 0. The minimum Gasteiger partial charge on any atom is -0.381 e. The van der Waals surface area contributed by atoms with Gasteiger partial charge in [0.15, 0.2) is 0 Å². The van der Waals surface area contributed by atoms with Gasteiger partial charge in [-0.15, -0.1) is 0 Å². The smallest absolute Gasteiger partial charge is 0.243 e. The van der Waals surface area contributed by atoms with Gasteiger partial charge < -0.3 is 20.7 Å². The van der Waals surface area contributed by atoms with Gasteiger partial charge in [-0.05, 0) is 68.6 Å². The minimum absolute atomic E-state index is 0.0225. The Morgan fingerprint density at radius 3 is 2.48 bits per heavy atom. The lowest BCUT2D eigenvalue weighted by Gasteiger charge is -2.40. The molecule has 42 heavy (non-hydrogen) atoms. The zero-order valence-electron chi connectivity index (χ0n) is 24.9. The van der Waals surface area contributed by atoms with E-state index < -0.39 is 11.5 Å². The van der Waals surface area contributed by atoms with Crippen LogP contribution < -0.4 is 16.0 Å². The number of likely N-dealkylation sites (tertiary alicyclic amines) is 1. The lowest BCUT2D eigenvalue weighted by Crippen LogP contribution is -2.58. The van der Waals surface area contributed by atoms with E-state index in [1.807, 2.05) is 62.4 Å². The van der Waals surface area contributed by atoms with Gasteiger partial charge in [0.1, 0.15) is 6.04 Å². The molecule has 3 amide bonds. The Balaban J connectivity index is 1.32. The van der Waals surface area contributed by atoms with Crippen molar-refractivity contribution in [3.8, 4) is 0 Å². The predicted octanol–water partition coefficient (Wildman–Crippen LogP) is 3.92. The zero-order valence-corrected chi connectivity index (χ0v) is 24.9. The number of aryl methyl sites for hydroxylation is 2. The molecule has 2 aromatic carbocycles. The van der Waals surface area contributed by atoms with Crippen LogP contribution in [0.5, 0.6) is 0 Å². The third-order valence-corrected chi connectivity index (χ3v) is 9.21. The van der Waals surface area contributed by atoms with E-state index in [1.165, 1.54) is 0 Å². The van der Waals surface area contributed by atoms with Crippen LogP contribution in [0.25, 0.3) is 0 Å². The van der Waals surface area contributed by atoms with Gasteiger partial charge in [0, 0.05) is 44.5 Å². The van der Waals surface area contributed by atoms with Crippen LogP contribution in [0.2, 0.25) is 0 Å². The number of ether oxygens (including phenoxy) is 1. The first kappa shape index (κ1) is 30.0. The largest absolute Gasteiger partial charge is 0.381 e. The number of rotatable bonds is 5. The van der Waals surface area contributed by atoms with E-state index in [2.05, 4.69) is 33.0 Å². The second-order valence-corrected chi connectivity index (χ2v) is 12.2. The third-order valence-electron chi connectivity index (χ3n) is 9.21. The lowest BCUT2D eigenvalue weighted by atomic mass is 9.75. The lowest BCUT2D eigenvalue weighted by molar-refractivity contribution is -0.140. The van der Waals surface area contributed by atoms with Gasteiger partial charge in [0.2, 0.25) is 17.7 Å². The van der Waals surface area contributed by atoms with Crippen LogP contribution in [0.1, 0.15) is 48.8 Å². The summed E-state index contributed by atoms with van der Waals surface area (Å²) in [6, 6.07) is 15.2. The molecule has 5 rings (SSSR count). The van der Waals surface area contributed by atoms with Crippen molar-refractivity contribution >= 4 is 23.4 Å². The molecule has 0 bridgehead atoms. The summed E-state index contributed by atoms with van der Waals surface area (Å²) in [5, 5.41) is 9.57. The summed E-state index contributed by atoms with van der Waals surface area (Å²) in [6.07, 6.45) is 8.16. The zero-order chi connectivity index (χ0) is 29.5. The summed E-state index contributed by atoms with van der Waals surface area (Å²) in [7, 11) is 0. The number of allylic oxidation sites excluding steroid dienone is 2. The fourth-order valence-corrected chi connectivity index (χ4v) is 6.59. The maximum atomic E-state index is 13.8. The average Bonchev–Trinajstić information content (AvgIpc) is 2.98. The van der Waals surface area contributed by atoms with Crippen LogP contribution in [0.3, 0.4) is 0 Å². The summed E-state index contributed by atoms with van der Waals surface area (Å²) in [4.78, 5) is 42.7. The molecular weight excluding hydrogens is 528 g/mol. The Kier molecular flexibility index (Phi) is 9.75. The number of nitrogens with zero attached hydrogens (tertiary/aromatic N) is 1. The van der Waals surface area contributed by atoms with Crippen LogP contribution in [0.4, 0.5) is 5.69 Å². The summed E-state index contributed by atoms with van der Waals surface area (Å²) in [5.41, 5.74) is 3.41. The highest BCUT2D eigenvalue weighted by atomic mass is 16.5. The van der Waals surface area contributed by atoms with Gasteiger partial charge in [0.25, 0.3) is 0 Å². The molecule has 3 aliphatic heterocycles. The van der Waals surface area contributed by atoms with Crippen molar-refractivity contribution in [1.82, 2.24) is 15.5 Å². The molecular formula is C34H44N4O4. The number of amides is 3. The van der Waals surface area contributed by atoms with E-state index >= 15 is 0 Å². The number of piperidine rings is 1. The van der Waals surface area contributed by atoms with Crippen molar-refractivity contribution in [2.75, 3.05) is 38.2 Å². The maximum Gasteiger partial charge on any atom is 0.243 e. The summed E-state index contributed by atoms with van der Waals surface area (Å²) in [5.74, 6) is -0.0701. The molecule has 0 radical (unpaired) electrons. The Morgan fingerprint density at radius 1 is 1.00 bits per heavy atom. The number of carbonyl (C=O) groups is 3. The van der Waals surface area contributed by atoms with Crippen molar-refractivity contribution < 1.29 is 19.1 Å². The van der Waals surface area contributed by atoms with Gasteiger partial charge >= 0.3 is 0 Å². The number of fused-ring (bicyclic) bond motifs is 1. The molecule has 2 aromatic rings. The number of benzene rings is 2. The number of hydrogen-bond donors (Lipinski definition) is 3. The third kappa shape index (κ3) is 7.28. The van der Waals surface area contributed by atoms with Gasteiger partial charge in [-0.2, -0.15) is 0 Å². The van der Waals surface area contributed by atoms with Crippen molar-refractivity contribution in [3.63, 3.8) is 0 Å². The molecule has 3 atom stereocenters. The topological polar surface area (TPSA) is 99.8 Å². The maximum absolute atomic E-state index is 13.8.